The summed E-state index contributed by atoms with van der Waals surface area (Å²) in [6.07, 6.45) is 6.94. The molecule has 134 valence electrons. The number of unbranched alkanes of at least 4 members (excludes halogenated alkanes) is 4. The van der Waals surface area contributed by atoms with E-state index in [4.69, 9.17) is 17.0 Å². The van der Waals surface area contributed by atoms with E-state index in [1.165, 1.54) is 25.7 Å². The summed E-state index contributed by atoms with van der Waals surface area (Å²) < 4.78 is 6.34. The first-order valence-corrected chi connectivity index (χ1v) is 9.80. The molecule has 1 rings (SSSR count). The van der Waals surface area contributed by atoms with Gasteiger partial charge in [-0.15, -0.1) is 0 Å². The summed E-state index contributed by atoms with van der Waals surface area (Å²) in [5.41, 5.74) is 0.540. The average Bonchev–Trinajstić information content (AvgIpc) is 2.56. The molecule has 0 spiro atoms. The van der Waals surface area contributed by atoms with Crippen molar-refractivity contribution in [2.75, 3.05) is 13.2 Å². The quantitative estimate of drug-likeness (QED) is 0.425. The van der Waals surface area contributed by atoms with E-state index in [1.54, 1.807) is 18.2 Å². The molecule has 1 amide bonds. The lowest BCUT2D eigenvalue weighted by Gasteiger charge is -2.11. The number of carbonyl (C=O) groups is 1. The third-order valence-electron chi connectivity index (χ3n) is 3.45. The molecular formula is C18H27BrN2O2S. The molecule has 0 aliphatic rings. The van der Waals surface area contributed by atoms with Crippen LogP contribution in [-0.4, -0.2) is 24.2 Å². The summed E-state index contributed by atoms with van der Waals surface area (Å²) >= 11 is 8.60. The van der Waals surface area contributed by atoms with Crippen molar-refractivity contribution in [2.24, 2.45) is 0 Å². The Hall–Kier alpha value is -1.14. The normalized spacial score (nSPS) is 10.3. The van der Waals surface area contributed by atoms with Gasteiger partial charge in [0.15, 0.2) is 5.11 Å². The van der Waals surface area contributed by atoms with E-state index in [0.717, 1.165) is 29.6 Å². The summed E-state index contributed by atoms with van der Waals surface area (Å²) in [4.78, 5) is 12.2. The Balaban J connectivity index is 2.38. The van der Waals surface area contributed by atoms with Crippen LogP contribution >= 0.6 is 28.1 Å². The number of amides is 1. The Morgan fingerprint density at radius 2 is 1.92 bits per heavy atom. The number of thiocarbonyl (C=S) groups is 1. The van der Waals surface area contributed by atoms with Crippen molar-refractivity contribution < 1.29 is 9.53 Å². The molecule has 0 fully saturated rings. The Morgan fingerprint density at radius 3 is 2.58 bits per heavy atom. The molecule has 1 aromatic carbocycles. The van der Waals surface area contributed by atoms with Gasteiger partial charge in [0.25, 0.3) is 5.91 Å². The van der Waals surface area contributed by atoms with E-state index < -0.39 is 0 Å². The summed E-state index contributed by atoms with van der Waals surface area (Å²) in [6, 6.07) is 5.27. The molecule has 2 N–H and O–H groups in total. The lowest BCUT2D eigenvalue weighted by atomic mass is 10.1. The summed E-state index contributed by atoms with van der Waals surface area (Å²) in [5, 5.41) is 6.16. The molecule has 4 nitrogen and oxygen atoms in total. The fraction of sp³-hybridized carbons (Fsp3) is 0.556. The van der Waals surface area contributed by atoms with Crippen LogP contribution in [0.1, 0.15) is 62.7 Å². The maximum atomic E-state index is 12.2. The van der Waals surface area contributed by atoms with E-state index in [0.29, 0.717) is 17.3 Å². The van der Waals surface area contributed by atoms with Crippen LogP contribution in [0.4, 0.5) is 0 Å². The molecular weight excluding hydrogens is 388 g/mol. The van der Waals surface area contributed by atoms with Crippen LogP contribution in [0.15, 0.2) is 22.7 Å². The molecule has 6 heteroatoms. The van der Waals surface area contributed by atoms with Crippen molar-refractivity contribution in [3.05, 3.63) is 28.2 Å². The fourth-order valence-electron chi connectivity index (χ4n) is 2.12. The number of ether oxygens (including phenoxy) is 1. The van der Waals surface area contributed by atoms with Crippen molar-refractivity contribution in [3.63, 3.8) is 0 Å². The lowest BCUT2D eigenvalue weighted by molar-refractivity contribution is 0.0976. The standard InChI is InChI=1S/C18H27BrN2O2S/c1-3-5-6-7-8-11-20-18(24)21-17(22)14-9-10-16(15(19)13-14)23-12-4-2/h9-10,13H,3-8,11-12H2,1-2H3,(H2,20,21,22,24). The monoisotopic (exact) mass is 414 g/mol. The largest absolute Gasteiger partial charge is 0.492 e. The molecule has 0 saturated carbocycles. The second-order valence-corrected chi connectivity index (χ2v) is 6.88. The van der Waals surface area contributed by atoms with Crippen molar-refractivity contribution in [2.45, 2.75) is 52.4 Å². The SMILES string of the molecule is CCCCCCCNC(=S)NC(=O)c1ccc(OCCC)c(Br)c1. The van der Waals surface area contributed by atoms with Crippen LogP contribution in [0.5, 0.6) is 5.75 Å². The predicted molar refractivity (Wildman–Crippen MR) is 107 cm³/mol. The number of nitrogens with one attached hydrogen (secondary N) is 2. The van der Waals surface area contributed by atoms with E-state index in [1.807, 2.05) is 6.92 Å². The smallest absolute Gasteiger partial charge is 0.257 e. The summed E-state index contributed by atoms with van der Waals surface area (Å²) in [7, 11) is 0. The number of hydrogen-bond acceptors (Lipinski definition) is 3. The van der Waals surface area contributed by atoms with Crippen LogP contribution in [0.25, 0.3) is 0 Å². The van der Waals surface area contributed by atoms with E-state index in [2.05, 4.69) is 33.5 Å². The average molecular weight is 415 g/mol. The lowest BCUT2D eigenvalue weighted by Crippen LogP contribution is -2.39. The Labute approximate surface area is 158 Å². The molecule has 0 atom stereocenters. The van der Waals surface area contributed by atoms with E-state index in [-0.39, 0.29) is 5.91 Å². The van der Waals surface area contributed by atoms with Gasteiger partial charge in [-0.05, 0) is 59.2 Å². The predicted octanol–water partition coefficient (Wildman–Crippen LogP) is 4.81. The van der Waals surface area contributed by atoms with E-state index >= 15 is 0 Å². The molecule has 0 heterocycles. The summed E-state index contributed by atoms with van der Waals surface area (Å²) in [6.45, 7) is 5.68. The number of hydrogen-bond donors (Lipinski definition) is 2. The highest BCUT2D eigenvalue weighted by Crippen LogP contribution is 2.26. The Kier molecular flexibility index (Phi) is 10.7. The van der Waals surface area contributed by atoms with Gasteiger partial charge >= 0.3 is 0 Å². The zero-order valence-electron chi connectivity index (χ0n) is 14.5. The van der Waals surface area contributed by atoms with Crippen LogP contribution in [0.2, 0.25) is 0 Å². The van der Waals surface area contributed by atoms with Gasteiger partial charge < -0.3 is 10.1 Å². The zero-order valence-corrected chi connectivity index (χ0v) is 16.9. The first-order chi connectivity index (χ1) is 11.6. The maximum absolute atomic E-state index is 12.2. The second-order valence-electron chi connectivity index (χ2n) is 5.62. The molecule has 0 bridgehead atoms. The van der Waals surface area contributed by atoms with Gasteiger partial charge in [0.2, 0.25) is 0 Å². The molecule has 0 radical (unpaired) electrons. The van der Waals surface area contributed by atoms with Gasteiger partial charge in [-0.1, -0.05) is 39.5 Å². The number of rotatable bonds is 10. The molecule has 0 aromatic heterocycles. The summed E-state index contributed by atoms with van der Waals surface area (Å²) in [5.74, 6) is 0.516. The van der Waals surface area contributed by atoms with Gasteiger partial charge in [0.1, 0.15) is 5.75 Å². The van der Waals surface area contributed by atoms with Crippen LogP contribution in [-0.2, 0) is 0 Å². The molecule has 0 saturated heterocycles. The topological polar surface area (TPSA) is 50.4 Å². The third kappa shape index (κ3) is 8.11. The first-order valence-electron chi connectivity index (χ1n) is 8.60. The van der Waals surface area contributed by atoms with Gasteiger partial charge in [0, 0.05) is 12.1 Å². The maximum Gasteiger partial charge on any atom is 0.257 e. The zero-order chi connectivity index (χ0) is 17.8. The van der Waals surface area contributed by atoms with E-state index in [9.17, 15) is 4.79 Å². The third-order valence-corrected chi connectivity index (χ3v) is 4.31. The van der Waals surface area contributed by atoms with Gasteiger partial charge in [-0.2, -0.15) is 0 Å². The molecule has 1 aromatic rings. The van der Waals surface area contributed by atoms with Crippen LogP contribution < -0.4 is 15.4 Å². The van der Waals surface area contributed by atoms with Gasteiger partial charge in [-0.3, -0.25) is 10.1 Å². The highest BCUT2D eigenvalue weighted by atomic mass is 79.9. The van der Waals surface area contributed by atoms with Crippen LogP contribution in [0, 0.1) is 0 Å². The van der Waals surface area contributed by atoms with Gasteiger partial charge in [0.05, 0.1) is 11.1 Å². The number of halogens is 1. The second kappa shape index (κ2) is 12.3. The highest BCUT2D eigenvalue weighted by molar-refractivity contribution is 9.10. The minimum Gasteiger partial charge on any atom is -0.492 e. The molecule has 0 aliphatic heterocycles. The van der Waals surface area contributed by atoms with Crippen molar-refractivity contribution in [3.8, 4) is 5.75 Å². The molecule has 0 unspecified atom stereocenters. The number of carbonyl (C=O) groups excluding carboxylic acids is 1. The molecule has 24 heavy (non-hydrogen) atoms. The Morgan fingerprint density at radius 1 is 1.17 bits per heavy atom. The fourth-order valence-corrected chi connectivity index (χ4v) is 2.81. The van der Waals surface area contributed by atoms with Crippen molar-refractivity contribution in [1.82, 2.24) is 10.6 Å². The minimum atomic E-state index is -0.221. The number of benzene rings is 1. The van der Waals surface area contributed by atoms with Gasteiger partial charge in [-0.25, -0.2) is 0 Å². The Bertz CT molecular complexity index is 538. The van der Waals surface area contributed by atoms with Crippen LogP contribution in [0.3, 0.4) is 0 Å². The minimum absolute atomic E-state index is 0.221. The highest BCUT2D eigenvalue weighted by Gasteiger charge is 2.10. The van der Waals surface area contributed by atoms with Crippen molar-refractivity contribution >= 4 is 39.2 Å². The molecule has 0 aliphatic carbocycles. The van der Waals surface area contributed by atoms with Crippen molar-refractivity contribution in [1.29, 1.82) is 0 Å². The first kappa shape index (κ1) is 20.9.